The fourth-order valence-corrected chi connectivity index (χ4v) is 2.24. The van der Waals surface area contributed by atoms with E-state index in [-0.39, 0.29) is 6.42 Å². The summed E-state index contributed by atoms with van der Waals surface area (Å²) < 4.78 is 16.0. The number of ether oxygens (including phenoxy) is 3. The molecule has 0 aliphatic carbocycles. The van der Waals surface area contributed by atoms with E-state index in [0.29, 0.717) is 30.5 Å². The van der Waals surface area contributed by atoms with Gasteiger partial charge in [0.15, 0.2) is 17.1 Å². The second-order valence-electron chi connectivity index (χ2n) is 6.41. The van der Waals surface area contributed by atoms with Gasteiger partial charge in [-0.25, -0.2) is 4.79 Å². The van der Waals surface area contributed by atoms with Crippen LogP contribution in [-0.2, 0) is 16.0 Å². The summed E-state index contributed by atoms with van der Waals surface area (Å²) in [7, 11) is 0. The number of para-hydroxylation sites is 3. The Balaban J connectivity index is 0. The molecule has 0 saturated carbocycles. The van der Waals surface area contributed by atoms with E-state index in [0.717, 1.165) is 5.56 Å². The summed E-state index contributed by atoms with van der Waals surface area (Å²) in [5.41, 5.74) is -0.551. The Bertz CT molecular complexity index is 801. The SMILES string of the molecule is CC.CC.CCOc1ccccc1CC(=O)O.CCOc1ccccc1OC(C)(C)C(=O)O. The average Bonchev–Trinajstić information content (AvgIpc) is 2.79. The molecule has 0 heterocycles. The zero-order valence-electron chi connectivity index (χ0n) is 21.2. The summed E-state index contributed by atoms with van der Waals surface area (Å²) >= 11 is 0. The van der Waals surface area contributed by atoms with Crippen LogP contribution in [0.15, 0.2) is 48.5 Å². The van der Waals surface area contributed by atoms with Crippen LogP contribution in [0.1, 0.15) is 61.0 Å². The maximum atomic E-state index is 10.9. The molecule has 0 radical (unpaired) electrons. The van der Waals surface area contributed by atoms with Gasteiger partial charge in [-0.15, -0.1) is 0 Å². The molecule has 2 N–H and O–H groups in total. The molecule has 2 rings (SSSR count). The maximum Gasteiger partial charge on any atom is 0.347 e. The lowest BCUT2D eigenvalue weighted by Crippen LogP contribution is -2.37. The van der Waals surface area contributed by atoms with E-state index in [9.17, 15) is 9.59 Å². The molecule has 33 heavy (non-hydrogen) atoms. The van der Waals surface area contributed by atoms with E-state index in [2.05, 4.69) is 0 Å². The molecule has 0 bridgehead atoms. The first-order chi connectivity index (χ1) is 15.7. The number of rotatable bonds is 9. The van der Waals surface area contributed by atoms with Gasteiger partial charge in [0.1, 0.15) is 5.75 Å². The summed E-state index contributed by atoms with van der Waals surface area (Å²) in [5.74, 6) is -0.200. The Labute approximate surface area is 198 Å². The van der Waals surface area contributed by atoms with E-state index in [1.807, 2.05) is 53.7 Å². The number of carboxylic acid groups (broad SMARTS) is 2. The number of hydrogen-bond acceptors (Lipinski definition) is 5. The predicted octanol–water partition coefficient (Wildman–Crippen LogP) is 6.09. The van der Waals surface area contributed by atoms with E-state index in [1.165, 1.54) is 13.8 Å². The average molecular weight is 465 g/mol. The van der Waals surface area contributed by atoms with Crippen molar-refractivity contribution in [3.8, 4) is 17.2 Å². The molecular formula is C26H40O7. The molecule has 0 fully saturated rings. The van der Waals surface area contributed by atoms with Crippen molar-refractivity contribution in [3.63, 3.8) is 0 Å². The lowest BCUT2D eigenvalue weighted by atomic mass is 10.1. The van der Waals surface area contributed by atoms with Gasteiger partial charge in [0.25, 0.3) is 0 Å². The van der Waals surface area contributed by atoms with E-state index in [4.69, 9.17) is 24.4 Å². The highest BCUT2D eigenvalue weighted by atomic mass is 16.5. The summed E-state index contributed by atoms with van der Waals surface area (Å²) in [5, 5.41) is 17.6. The topological polar surface area (TPSA) is 102 Å². The lowest BCUT2D eigenvalue weighted by Gasteiger charge is -2.22. The number of aliphatic carboxylic acids is 2. The Morgan fingerprint density at radius 2 is 1.18 bits per heavy atom. The lowest BCUT2D eigenvalue weighted by molar-refractivity contribution is -0.152. The van der Waals surface area contributed by atoms with Crippen LogP contribution in [0, 0.1) is 0 Å². The molecule has 0 atom stereocenters. The molecule has 2 aromatic rings. The monoisotopic (exact) mass is 464 g/mol. The van der Waals surface area contributed by atoms with Gasteiger partial charge in [0, 0.05) is 5.56 Å². The van der Waals surface area contributed by atoms with Crippen molar-refractivity contribution in [1.82, 2.24) is 0 Å². The van der Waals surface area contributed by atoms with Crippen LogP contribution in [-0.4, -0.2) is 41.0 Å². The standard InChI is InChI=1S/C12H16O4.C10H12O3.2C2H6/c1-4-15-9-7-5-6-8-10(9)16-12(2,3)11(13)14;1-2-13-9-6-4-3-5-8(9)7-10(11)12;2*1-2/h5-8H,4H2,1-3H3,(H,13,14);3-6H,2,7H2,1H3,(H,11,12);2*1-2H3. The van der Waals surface area contributed by atoms with Crippen molar-refractivity contribution in [1.29, 1.82) is 0 Å². The van der Waals surface area contributed by atoms with Crippen molar-refractivity contribution < 1.29 is 34.0 Å². The van der Waals surface area contributed by atoms with Crippen molar-refractivity contribution in [2.24, 2.45) is 0 Å². The number of carboxylic acids is 2. The van der Waals surface area contributed by atoms with Gasteiger partial charge in [0.05, 0.1) is 19.6 Å². The Morgan fingerprint density at radius 3 is 1.64 bits per heavy atom. The summed E-state index contributed by atoms with van der Waals surface area (Å²) in [6, 6.07) is 14.2. The Kier molecular flexibility index (Phi) is 17.8. The fourth-order valence-electron chi connectivity index (χ4n) is 2.24. The molecule has 0 amide bonds. The van der Waals surface area contributed by atoms with Gasteiger partial charge < -0.3 is 24.4 Å². The molecule has 0 aliphatic rings. The van der Waals surface area contributed by atoms with Crippen LogP contribution in [0.25, 0.3) is 0 Å². The van der Waals surface area contributed by atoms with E-state index in [1.54, 1.807) is 36.4 Å². The summed E-state index contributed by atoms with van der Waals surface area (Å²) in [6.45, 7) is 15.8. The third-order valence-electron chi connectivity index (χ3n) is 3.64. The summed E-state index contributed by atoms with van der Waals surface area (Å²) in [6.07, 6.45) is 0.0101. The van der Waals surface area contributed by atoms with Crippen molar-refractivity contribution in [2.75, 3.05) is 13.2 Å². The Morgan fingerprint density at radius 1 is 0.758 bits per heavy atom. The molecule has 7 nitrogen and oxygen atoms in total. The number of carbonyl (C=O) groups is 2. The summed E-state index contributed by atoms with van der Waals surface area (Å²) in [4.78, 5) is 21.4. The first-order valence-corrected chi connectivity index (χ1v) is 11.3. The largest absolute Gasteiger partial charge is 0.494 e. The predicted molar refractivity (Wildman–Crippen MR) is 132 cm³/mol. The molecule has 7 heteroatoms. The quantitative estimate of drug-likeness (QED) is 0.463. The third kappa shape index (κ3) is 13.0. The van der Waals surface area contributed by atoms with Crippen molar-refractivity contribution in [3.05, 3.63) is 54.1 Å². The normalized spacial score (nSPS) is 9.45. The minimum Gasteiger partial charge on any atom is -0.494 e. The first-order valence-electron chi connectivity index (χ1n) is 11.3. The number of benzene rings is 2. The molecule has 2 aromatic carbocycles. The molecule has 0 aliphatic heterocycles. The highest BCUT2D eigenvalue weighted by Crippen LogP contribution is 2.29. The second kappa shape index (κ2) is 18.4. The molecule has 186 valence electrons. The van der Waals surface area contributed by atoms with Crippen LogP contribution in [0.5, 0.6) is 17.2 Å². The number of hydrogen-bond donors (Lipinski definition) is 2. The first kappa shape index (κ1) is 32.0. The van der Waals surface area contributed by atoms with Crippen molar-refractivity contribution >= 4 is 11.9 Å². The van der Waals surface area contributed by atoms with Crippen LogP contribution in [0.3, 0.4) is 0 Å². The minimum atomic E-state index is -1.27. The van der Waals surface area contributed by atoms with E-state index >= 15 is 0 Å². The molecule has 0 unspecified atom stereocenters. The minimum absolute atomic E-state index is 0.0101. The third-order valence-corrected chi connectivity index (χ3v) is 3.64. The maximum absolute atomic E-state index is 10.9. The van der Waals surface area contributed by atoms with Crippen LogP contribution in [0.4, 0.5) is 0 Å². The van der Waals surface area contributed by atoms with Gasteiger partial charge in [-0.2, -0.15) is 0 Å². The second-order valence-corrected chi connectivity index (χ2v) is 6.41. The van der Waals surface area contributed by atoms with Gasteiger partial charge in [0.2, 0.25) is 0 Å². The zero-order valence-corrected chi connectivity index (χ0v) is 21.2. The van der Waals surface area contributed by atoms with Gasteiger partial charge in [-0.3, -0.25) is 4.79 Å². The molecular weight excluding hydrogens is 424 g/mol. The van der Waals surface area contributed by atoms with E-state index < -0.39 is 17.5 Å². The fraction of sp³-hybridized carbons (Fsp3) is 0.462. The van der Waals surface area contributed by atoms with Gasteiger partial charge in [-0.05, 0) is 45.9 Å². The molecule has 0 saturated heterocycles. The van der Waals surface area contributed by atoms with Crippen LogP contribution < -0.4 is 14.2 Å². The zero-order chi connectivity index (χ0) is 25.9. The highest BCUT2D eigenvalue weighted by molar-refractivity contribution is 5.77. The van der Waals surface area contributed by atoms with Crippen LogP contribution >= 0.6 is 0 Å². The van der Waals surface area contributed by atoms with Crippen molar-refractivity contribution in [2.45, 2.75) is 67.4 Å². The van der Waals surface area contributed by atoms with Gasteiger partial charge in [-0.1, -0.05) is 58.0 Å². The smallest absolute Gasteiger partial charge is 0.347 e. The molecule has 0 spiro atoms. The Hall–Kier alpha value is -3.22. The highest BCUT2D eigenvalue weighted by Gasteiger charge is 2.30. The molecule has 0 aromatic heterocycles. The van der Waals surface area contributed by atoms with Gasteiger partial charge >= 0.3 is 11.9 Å². The van der Waals surface area contributed by atoms with Crippen LogP contribution in [0.2, 0.25) is 0 Å².